The zero-order valence-corrected chi connectivity index (χ0v) is 15.2. The minimum atomic E-state index is 0.379. The predicted octanol–water partition coefficient (Wildman–Crippen LogP) is 4.11. The fourth-order valence-electron chi connectivity index (χ4n) is 5.20. The quantitative estimate of drug-likeness (QED) is 0.811. The Morgan fingerprint density at radius 1 is 0.630 bits per heavy atom. The minimum Gasteiger partial charge on any atom is -0.473 e. The highest BCUT2D eigenvalue weighted by atomic mass is 16.5. The van der Waals surface area contributed by atoms with Crippen LogP contribution in [0.2, 0.25) is 0 Å². The second-order valence-corrected chi connectivity index (χ2v) is 8.12. The molecule has 0 aromatic heterocycles. The van der Waals surface area contributed by atoms with Gasteiger partial charge in [0.25, 0.3) is 0 Å². The molecular weight excluding hydrogens is 336 g/mol. The lowest BCUT2D eigenvalue weighted by atomic mass is 9.91. The van der Waals surface area contributed by atoms with Gasteiger partial charge in [0.1, 0.15) is 13.2 Å². The first-order chi connectivity index (χ1) is 13.3. The number of ether oxygens (including phenoxy) is 2. The van der Waals surface area contributed by atoms with Gasteiger partial charge < -0.3 is 9.47 Å². The number of nitrogens with zero attached hydrogens (tertiary/aromatic N) is 2. The highest BCUT2D eigenvalue weighted by molar-refractivity contribution is 5.98. The lowest BCUT2D eigenvalue weighted by Crippen LogP contribution is -2.25. The maximum atomic E-state index is 5.87. The van der Waals surface area contributed by atoms with Crippen molar-refractivity contribution in [3.05, 3.63) is 70.8 Å². The number of hydrogen-bond acceptors (Lipinski definition) is 4. The molecule has 2 aliphatic carbocycles. The molecule has 0 radical (unpaired) electrons. The Morgan fingerprint density at radius 3 is 1.59 bits per heavy atom. The van der Waals surface area contributed by atoms with E-state index < -0.39 is 0 Å². The maximum Gasteiger partial charge on any atom is 0.217 e. The average molecular weight is 358 g/mol. The summed E-state index contributed by atoms with van der Waals surface area (Å²) in [5, 5.41) is 0. The van der Waals surface area contributed by atoms with E-state index in [0.29, 0.717) is 37.1 Å². The van der Waals surface area contributed by atoms with Crippen molar-refractivity contribution in [3.63, 3.8) is 0 Å². The van der Waals surface area contributed by atoms with Crippen molar-refractivity contribution >= 4 is 11.8 Å². The summed E-state index contributed by atoms with van der Waals surface area (Å²) in [4.78, 5) is 10.0. The van der Waals surface area contributed by atoms with E-state index >= 15 is 0 Å². The molecule has 4 nitrogen and oxygen atoms in total. The molecule has 4 atom stereocenters. The summed E-state index contributed by atoms with van der Waals surface area (Å²) in [6.07, 6.45) is 3.46. The smallest absolute Gasteiger partial charge is 0.217 e. The number of fused-ring (bicyclic) bond motifs is 4. The second kappa shape index (κ2) is 5.95. The van der Waals surface area contributed by atoms with E-state index in [9.17, 15) is 0 Å². The van der Waals surface area contributed by atoms with Gasteiger partial charge in [-0.15, -0.1) is 0 Å². The van der Waals surface area contributed by atoms with Gasteiger partial charge in [0.05, 0.1) is 12.1 Å². The van der Waals surface area contributed by atoms with Crippen LogP contribution in [-0.4, -0.2) is 23.9 Å². The van der Waals surface area contributed by atoms with E-state index in [0.717, 1.165) is 24.6 Å². The van der Waals surface area contributed by atoms with E-state index in [1.54, 1.807) is 0 Å². The van der Waals surface area contributed by atoms with Crippen molar-refractivity contribution < 1.29 is 9.47 Å². The molecule has 136 valence electrons. The molecule has 2 unspecified atom stereocenters. The van der Waals surface area contributed by atoms with Crippen LogP contribution in [-0.2, 0) is 22.7 Å². The number of hydrogen-bond donors (Lipinski definition) is 0. The van der Waals surface area contributed by atoms with Crippen molar-refractivity contribution in [3.8, 4) is 0 Å². The third kappa shape index (κ3) is 2.50. The van der Waals surface area contributed by atoms with Crippen LogP contribution in [0, 0.1) is 11.8 Å². The molecular formula is C23H22N2O2. The van der Waals surface area contributed by atoms with Crippen molar-refractivity contribution in [1.82, 2.24) is 0 Å². The molecule has 0 N–H and O–H groups in total. The Labute approximate surface area is 158 Å². The Bertz CT molecular complexity index is 887. The molecule has 0 amide bonds. The molecule has 4 aliphatic rings. The normalized spacial score (nSPS) is 33.2. The standard InChI is InChI=1S/C23H22N2O2/c1-3-7-18-14(5-1)12-26-22(18)24-20-10-17-9-16(20)11-21(17)25-23-19-8-4-2-6-15(19)13-27-23/h1-8,16-17,20-21H,9-13H2/t16?,17?,20-,21-/m0/s1. The van der Waals surface area contributed by atoms with Crippen molar-refractivity contribution in [1.29, 1.82) is 0 Å². The molecule has 2 aliphatic heterocycles. The van der Waals surface area contributed by atoms with Gasteiger partial charge >= 0.3 is 0 Å². The minimum absolute atomic E-state index is 0.379. The zero-order valence-electron chi connectivity index (χ0n) is 15.2. The summed E-state index contributed by atoms with van der Waals surface area (Å²) in [5.74, 6) is 2.92. The molecule has 2 fully saturated rings. The number of benzene rings is 2. The van der Waals surface area contributed by atoms with Gasteiger partial charge in [-0.1, -0.05) is 36.4 Å². The summed E-state index contributed by atoms with van der Waals surface area (Å²) in [6.45, 7) is 1.31. The largest absolute Gasteiger partial charge is 0.473 e. The first-order valence-corrected chi connectivity index (χ1v) is 9.93. The van der Waals surface area contributed by atoms with Crippen molar-refractivity contribution in [2.24, 2.45) is 21.8 Å². The third-order valence-corrected chi connectivity index (χ3v) is 6.57. The number of rotatable bonds is 2. The third-order valence-electron chi connectivity index (χ3n) is 6.57. The lowest BCUT2D eigenvalue weighted by Gasteiger charge is -2.23. The Kier molecular flexibility index (Phi) is 3.40. The maximum absolute atomic E-state index is 5.87. The highest BCUT2D eigenvalue weighted by Gasteiger charge is 2.46. The van der Waals surface area contributed by atoms with Crippen LogP contribution in [0.4, 0.5) is 0 Å². The van der Waals surface area contributed by atoms with Gasteiger partial charge in [0, 0.05) is 22.3 Å². The molecule has 6 rings (SSSR count). The zero-order chi connectivity index (χ0) is 17.8. The van der Waals surface area contributed by atoms with E-state index in [2.05, 4.69) is 48.5 Å². The van der Waals surface area contributed by atoms with Crippen LogP contribution in [0.3, 0.4) is 0 Å². The summed E-state index contributed by atoms with van der Waals surface area (Å²) in [6, 6.07) is 17.5. The van der Waals surface area contributed by atoms with E-state index in [-0.39, 0.29) is 0 Å². The van der Waals surface area contributed by atoms with Crippen LogP contribution in [0.15, 0.2) is 58.5 Å². The van der Waals surface area contributed by atoms with Crippen molar-refractivity contribution in [2.75, 3.05) is 0 Å². The molecule has 2 heterocycles. The Morgan fingerprint density at radius 2 is 1.11 bits per heavy atom. The van der Waals surface area contributed by atoms with Gasteiger partial charge in [-0.3, -0.25) is 0 Å². The molecule has 2 aromatic carbocycles. The SMILES string of the molecule is c1ccc2c(c1)COC2=N[C@H]1CC2CC1C[C@@H]2N=C1OCc2ccccc21. The van der Waals surface area contributed by atoms with E-state index in [1.165, 1.54) is 28.7 Å². The molecule has 0 spiro atoms. The molecule has 4 heteroatoms. The lowest BCUT2D eigenvalue weighted by molar-refractivity contribution is 0.296. The van der Waals surface area contributed by atoms with Gasteiger partial charge in [-0.2, -0.15) is 0 Å². The topological polar surface area (TPSA) is 43.2 Å². The van der Waals surface area contributed by atoms with Gasteiger partial charge in [-0.25, -0.2) is 9.98 Å². The Balaban J connectivity index is 1.20. The second-order valence-electron chi connectivity index (χ2n) is 8.12. The van der Waals surface area contributed by atoms with Gasteiger partial charge in [0.2, 0.25) is 11.8 Å². The average Bonchev–Trinajstić information content (AvgIpc) is 3.47. The van der Waals surface area contributed by atoms with Crippen LogP contribution in [0.1, 0.15) is 41.5 Å². The van der Waals surface area contributed by atoms with E-state index in [1.807, 2.05) is 0 Å². The van der Waals surface area contributed by atoms with Crippen LogP contribution in [0.5, 0.6) is 0 Å². The summed E-state index contributed by atoms with van der Waals surface area (Å²) >= 11 is 0. The predicted molar refractivity (Wildman–Crippen MR) is 104 cm³/mol. The van der Waals surface area contributed by atoms with Crippen molar-refractivity contribution in [2.45, 2.75) is 44.6 Å². The summed E-state index contributed by atoms with van der Waals surface area (Å²) in [5.41, 5.74) is 4.85. The summed E-state index contributed by atoms with van der Waals surface area (Å²) < 4.78 is 11.7. The monoisotopic (exact) mass is 358 g/mol. The van der Waals surface area contributed by atoms with Crippen LogP contribution < -0.4 is 0 Å². The fourth-order valence-corrected chi connectivity index (χ4v) is 5.20. The molecule has 27 heavy (non-hydrogen) atoms. The van der Waals surface area contributed by atoms with Gasteiger partial charge in [-0.05, 0) is 43.2 Å². The molecule has 2 saturated carbocycles. The van der Waals surface area contributed by atoms with Crippen LogP contribution in [0.25, 0.3) is 0 Å². The fraction of sp³-hybridized carbons (Fsp3) is 0.391. The number of aliphatic imine (C=N–C) groups is 2. The van der Waals surface area contributed by atoms with E-state index in [4.69, 9.17) is 19.5 Å². The summed E-state index contributed by atoms with van der Waals surface area (Å²) in [7, 11) is 0. The molecule has 0 saturated heterocycles. The molecule has 2 aromatic rings. The first kappa shape index (κ1) is 15.4. The molecule has 2 bridgehead atoms. The Hall–Kier alpha value is -2.62. The van der Waals surface area contributed by atoms with Crippen LogP contribution >= 0.6 is 0 Å². The highest BCUT2D eigenvalue weighted by Crippen LogP contribution is 2.48. The van der Waals surface area contributed by atoms with Gasteiger partial charge in [0.15, 0.2) is 0 Å². The first-order valence-electron chi connectivity index (χ1n) is 9.93.